The van der Waals surface area contributed by atoms with Gasteiger partial charge < -0.3 is 13.9 Å². The standard InChI is InChI=1S/C23H22BrN3O4S/c1-14-19(25-21(31-14)17-12-15(24)8-9-20(17)30-3)13-32-23-26-18-7-5-4-6-16(18)22(28)27(23)10-11-29-2/h4-9,12H,10-11,13H2,1-3H3. The lowest BCUT2D eigenvalue weighted by atomic mass is 10.2. The first-order chi connectivity index (χ1) is 15.5. The molecule has 0 fully saturated rings. The van der Waals surface area contributed by atoms with E-state index in [2.05, 4.69) is 15.9 Å². The number of benzene rings is 2. The average Bonchev–Trinajstić information content (AvgIpc) is 3.17. The molecule has 0 aliphatic rings. The third-order valence-corrected chi connectivity index (χ3v) is 6.45. The summed E-state index contributed by atoms with van der Waals surface area (Å²) >= 11 is 4.93. The Balaban J connectivity index is 1.66. The van der Waals surface area contributed by atoms with Gasteiger partial charge in [0, 0.05) is 17.3 Å². The van der Waals surface area contributed by atoms with Crippen molar-refractivity contribution in [1.29, 1.82) is 0 Å². The maximum Gasteiger partial charge on any atom is 0.262 e. The van der Waals surface area contributed by atoms with Crippen LogP contribution in [0, 0.1) is 6.92 Å². The summed E-state index contributed by atoms with van der Waals surface area (Å²) in [7, 11) is 3.23. The topological polar surface area (TPSA) is 79.4 Å². The number of oxazole rings is 1. The number of hydrogen-bond donors (Lipinski definition) is 0. The molecule has 4 rings (SSSR count). The molecule has 0 N–H and O–H groups in total. The van der Waals surface area contributed by atoms with E-state index in [1.165, 1.54) is 11.8 Å². The quantitative estimate of drug-likeness (QED) is 0.239. The lowest BCUT2D eigenvalue weighted by Gasteiger charge is -2.12. The highest BCUT2D eigenvalue weighted by Gasteiger charge is 2.18. The fraction of sp³-hybridized carbons (Fsp3) is 0.261. The SMILES string of the molecule is COCCn1c(SCc2nc(-c3cc(Br)ccc3OC)oc2C)nc2ccccc2c1=O. The Morgan fingerprint density at radius 3 is 2.75 bits per heavy atom. The van der Waals surface area contributed by atoms with E-state index in [1.807, 2.05) is 43.3 Å². The monoisotopic (exact) mass is 515 g/mol. The highest BCUT2D eigenvalue weighted by molar-refractivity contribution is 9.10. The number of methoxy groups -OCH3 is 2. The molecule has 7 nitrogen and oxygen atoms in total. The molecule has 0 atom stereocenters. The lowest BCUT2D eigenvalue weighted by Crippen LogP contribution is -2.25. The van der Waals surface area contributed by atoms with Gasteiger partial charge in [0.15, 0.2) is 5.16 Å². The highest BCUT2D eigenvalue weighted by Crippen LogP contribution is 2.34. The molecule has 0 saturated heterocycles. The van der Waals surface area contributed by atoms with Gasteiger partial charge in [-0.3, -0.25) is 9.36 Å². The molecule has 32 heavy (non-hydrogen) atoms. The van der Waals surface area contributed by atoms with Gasteiger partial charge in [0.1, 0.15) is 11.5 Å². The number of aryl methyl sites for hydroxylation is 1. The van der Waals surface area contributed by atoms with E-state index >= 15 is 0 Å². The van der Waals surface area contributed by atoms with Crippen LogP contribution in [0.5, 0.6) is 5.75 Å². The van der Waals surface area contributed by atoms with Crippen molar-refractivity contribution in [2.24, 2.45) is 0 Å². The first kappa shape index (κ1) is 22.6. The number of aromatic nitrogens is 3. The average molecular weight is 516 g/mol. The third kappa shape index (κ3) is 4.60. The highest BCUT2D eigenvalue weighted by atomic mass is 79.9. The zero-order chi connectivity index (χ0) is 22.7. The maximum atomic E-state index is 13.0. The fourth-order valence-corrected chi connectivity index (χ4v) is 4.68. The van der Waals surface area contributed by atoms with Crippen LogP contribution in [0.25, 0.3) is 22.4 Å². The van der Waals surface area contributed by atoms with Crippen molar-refractivity contribution in [3.05, 3.63) is 68.7 Å². The summed E-state index contributed by atoms with van der Waals surface area (Å²) in [5, 5.41) is 1.21. The minimum Gasteiger partial charge on any atom is -0.496 e. The van der Waals surface area contributed by atoms with Gasteiger partial charge in [-0.15, -0.1) is 0 Å². The number of hydrogen-bond acceptors (Lipinski definition) is 7. The Hall–Kier alpha value is -2.62. The number of rotatable bonds is 8. The summed E-state index contributed by atoms with van der Waals surface area (Å²) in [6, 6.07) is 13.0. The third-order valence-electron chi connectivity index (χ3n) is 4.97. The molecule has 9 heteroatoms. The molecule has 0 radical (unpaired) electrons. The van der Waals surface area contributed by atoms with Gasteiger partial charge in [0.05, 0.1) is 42.4 Å². The lowest BCUT2D eigenvalue weighted by molar-refractivity contribution is 0.183. The molecule has 2 heterocycles. The summed E-state index contributed by atoms with van der Waals surface area (Å²) in [6.07, 6.45) is 0. The van der Waals surface area contributed by atoms with Crippen molar-refractivity contribution >= 4 is 38.6 Å². The van der Waals surface area contributed by atoms with Crippen LogP contribution in [0.1, 0.15) is 11.5 Å². The molecule has 0 saturated carbocycles. The van der Waals surface area contributed by atoms with Crippen LogP contribution in [-0.4, -0.2) is 35.4 Å². The molecule has 0 aliphatic heterocycles. The molecule has 0 aliphatic carbocycles. The van der Waals surface area contributed by atoms with Crippen LogP contribution in [0.2, 0.25) is 0 Å². The smallest absolute Gasteiger partial charge is 0.262 e. The van der Waals surface area contributed by atoms with Gasteiger partial charge in [0.2, 0.25) is 5.89 Å². The van der Waals surface area contributed by atoms with Crippen LogP contribution < -0.4 is 10.3 Å². The number of para-hydroxylation sites is 1. The molecular weight excluding hydrogens is 494 g/mol. The first-order valence-electron chi connectivity index (χ1n) is 9.93. The van der Waals surface area contributed by atoms with Crippen LogP contribution >= 0.6 is 27.7 Å². The Labute approximate surface area is 197 Å². The summed E-state index contributed by atoms with van der Waals surface area (Å²) in [4.78, 5) is 22.4. The molecule has 0 unspecified atom stereocenters. The van der Waals surface area contributed by atoms with Crippen LogP contribution in [0.15, 0.2) is 61.3 Å². The second-order valence-electron chi connectivity index (χ2n) is 7.02. The van der Waals surface area contributed by atoms with Crippen molar-refractivity contribution in [3.8, 4) is 17.2 Å². The van der Waals surface area contributed by atoms with E-state index in [9.17, 15) is 4.79 Å². The minimum absolute atomic E-state index is 0.0772. The molecule has 0 spiro atoms. The van der Waals surface area contributed by atoms with Crippen molar-refractivity contribution in [1.82, 2.24) is 14.5 Å². The van der Waals surface area contributed by atoms with Gasteiger partial charge in [-0.05, 0) is 37.3 Å². The number of ether oxygens (including phenoxy) is 2. The molecule has 166 valence electrons. The van der Waals surface area contributed by atoms with Gasteiger partial charge in [-0.1, -0.05) is 39.8 Å². The zero-order valence-electron chi connectivity index (χ0n) is 17.9. The molecule has 0 bridgehead atoms. The van der Waals surface area contributed by atoms with Crippen molar-refractivity contribution < 1.29 is 13.9 Å². The Kier molecular flexibility index (Phi) is 6.98. The summed E-state index contributed by atoms with van der Waals surface area (Å²) in [5.74, 6) is 2.38. The van der Waals surface area contributed by atoms with Crippen LogP contribution in [-0.2, 0) is 17.0 Å². The second kappa shape index (κ2) is 9.89. The van der Waals surface area contributed by atoms with Gasteiger partial charge in [0.25, 0.3) is 5.56 Å². The number of halogens is 1. The second-order valence-corrected chi connectivity index (χ2v) is 8.87. The Bertz CT molecular complexity index is 1320. The van der Waals surface area contributed by atoms with E-state index in [0.717, 1.165) is 15.7 Å². The normalized spacial score (nSPS) is 11.2. The number of thioether (sulfide) groups is 1. The fourth-order valence-electron chi connectivity index (χ4n) is 3.29. The summed E-state index contributed by atoms with van der Waals surface area (Å²) in [6.45, 7) is 2.72. The Morgan fingerprint density at radius 1 is 1.16 bits per heavy atom. The van der Waals surface area contributed by atoms with Crippen molar-refractivity contribution in [2.45, 2.75) is 24.4 Å². The predicted octanol–water partition coefficient (Wildman–Crippen LogP) is 5.07. The molecular formula is C23H22BrN3O4S. The molecule has 0 amide bonds. The van der Waals surface area contributed by atoms with Crippen molar-refractivity contribution in [3.63, 3.8) is 0 Å². The van der Waals surface area contributed by atoms with Crippen molar-refractivity contribution in [2.75, 3.05) is 20.8 Å². The number of nitrogens with zero attached hydrogens (tertiary/aromatic N) is 3. The van der Waals surface area contributed by atoms with Gasteiger partial charge >= 0.3 is 0 Å². The molecule has 2 aromatic heterocycles. The predicted molar refractivity (Wildman–Crippen MR) is 128 cm³/mol. The molecule has 2 aromatic carbocycles. The van der Waals surface area contributed by atoms with E-state index in [4.69, 9.17) is 23.9 Å². The summed E-state index contributed by atoms with van der Waals surface area (Å²) < 4.78 is 19.2. The molecule has 4 aromatic rings. The van der Waals surface area contributed by atoms with E-state index in [-0.39, 0.29) is 5.56 Å². The van der Waals surface area contributed by atoms with E-state index in [0.29, 0.717) is 52.4 Å². The summed E-state index contributed by atoms with van der Waals surface area (Å²) in [5.41, 5.74) is 2.14. The largest absolute Gasteiger partial charge is 0.496 e. The van der Waals surface area contributed by atoms with E-state index < -0.39 is 0 Å². The van der Waals surface area contributed by atoms with E-state index in [1.54, 1.807) is 24.9 Å². The number of fused-ring (bicyclic) bond motifs is 1. The van der Waals surface area contributed by atoms with Gasteiger partial charge in [-0.2, -0.15) is 0 Å². The Morgan fingerprint density at radius 2 is 1.97 bits per heavy atom. The van der Waals surface area contributed by atoms with Crippen LogP contribution in [0.3, 0.4) is 0 Å². The zero-order valence-corrected chi connectivity index (χ0v) is 20.3. The van der Waals surface area contributed by atoms with Gasteiger partial charge in [-0.25, -0.2) is 9.97 Å². The first-order valence-corrected chi connectivity index (χ1v) is 11.7. The van der Waals surface area contributed by atoms with Crippen LogP contribution in [0.4, 0.5) is 0 Å². The minimum atomic E-state index is -0.0772. The maximum absolute atomic E-state index is 13.0.